The largest absolute Gasteiger partial charge is 0.481 e. The lowest BCUT2D eigenvalue weighted by Gasteiger charge is -2.12. The molecule has 16 heavy (non-hydrogen) atoms. The highest BCUT2D eigenvalue weighted by Crippen LogP contribution is 2.27. The standard InChI is InChI=1S/C13H18O2S/c1-8-5-6-12(11(4)10(8)3)16-7-9(2)13(14)15/h5-6,9H,7H2,1-4H3,(H,14,15). The third kappa shape index (κ3) is 3.01. The van der Waals surface area contributed by atoms with Crippen molar-refractivity contribution in [3.05, 3.63) is 28.8 Å². The van der Waals surface area contributed by atoms with Gasteiger partial charge < -0.3 is 5.11 Å². The lowest BCUT2D eigenvalue weighted by molar-refractivity contribution is -0.140. The van der Waals surface area contributed by atoms with E-state index in [9.17, 15) is 4.79 Å². The molecule has 0 aliphatic heterocycles. The zero-order valence-electron chi connectivity index (χ0n) is 10.2. The molecule has 1 aromatic rings. The zero-order valence-corrected chi connectivity index (χ0v) is 11.0. The SMILES string of the molecule is Cc1ccc(SCC(C)C(=O)O)c(C)c1C. The Kier molecular flexibility index (Phi) is 4.42. The van der Waals surface area contributed by atoms with Gasteiger partial charge in [-0.2, -0.15) is 0 Å². The van der Waals surface area contributed by atoms with Gasteiger partial charge in [-0.25, -0.2) is 0 Å². The maximum atomic E-state index is 10.7. The summed E-state index contributed by atoms with van der Waals surface area (Å²) in [7, 11) is 0. The summed E-state index contributed by atoms with van der Waals surface area (Å²) in [6.07, 6.45) is 0. The number of rotatable bonds is 4. The average molecular weight is 238 g/mol. The number of carbonyl (C=O) groups is 1. The molecule has 0 fully saturated rings. The number of carboxylic acid groups (broad SMARTS) is 1. The number of aryl methyl sites for hydroxylation is 1. The minimum Gasteiger partial charge on any atom is -0.481 e. The summed E-state index contributed by atoms with van der Waals surface area (Å²) < 4.78 is 0. The van der Waals surface area contributed by atoms with E-state index < -0.39 is 5.97 Å². The molecular formula is C13H18O2S. The van der Waals surface area contributed by atoms with Gasteiger partial charge in [-0.15, -0.1) is 11.8 Å². The van der Waals surface area contributed by atoms with Gasteiger partial charge in [0.1, 0.15) is 0 Å². The first-order valence-corrected chi connectivity index (χ1v) is 6.34. The van der Waals surface area contributed by atoms with Crippen molar-refractivity contribution < 1.29 is 9.90 Å². The van der Waals surface area contributed by atoms with Gasteiger partial charge in [0.25, 0.3) is 0 Å². The van der Waals surface area contributed by atoms with Gasteiger partial charge in [0, 0.05) is 10.6 Å². The summed E-state index contributed by atoms with van der Waals surface area (Å²) in [4.78, 5) is 11.9. The summed E-state index contributed by atoms with van der Waals surface area (Å²) in [5.41, 5.74) is 3.85. The summed E-state index contributed by atoms with van der Waals surface area (Å²) in [6.45, 7) is 8.04. The molecule has 0 spiro atoms. The molecule has 2 nitrogen and oxygen atoms in total. The molecular weight excluding hydrogens is 220 g/mol. The monoisotopic (exact) mass is 238 g/mol. The fourth-order valence-electron chi connectivity index (χ4n) is 1.37. The number of aliphatic carboxylic acids is 1. The van der Waals surface area contributed by atoms with Crippen LogP contribution in [0.3, 0.4) is 0 Å². The maximum absolute atomic E-state index is 10.7. The second-order valence-corrected chi connectivity index (χ2v) is 5.24. The first kappa shape index (κ1) is 13.1. The van der Waals surface area contributed by atoms with Crippen molar-refractivity contribution in [3.8, 4) is 0 Å². The van der Waals surface area contributed by atoms with Crippen molar-refractivity contribution in [2.24, 2.45) is 5.92 Å². The van der Waals surface area contributed by atoms with Gasteiger partial charge in [0.2, 0.25) is 0 Å². The number of hydrogen-bond donors (Lipinski definition) is 1. The van der Waals surface area contributed by atoms with Crippen molar-refractivity contribution >= 4 is 17.7 Å². The molecule has 3 heteroatoms. The first-order valence-electron chi connectivity index (χ1n) is 5.36. The number of benzene rings is 1. The van der Waals surface area contributed by atoms with Gasteiger partial charge in [-0.05, 0) is 43.5 Å². The second kappa shape index (κ2) is 5.39. The maximum Gasteiger partial charge on any atom is 0.307 e. The second-order valence-electron chi connectivity index (χ2n) is 4.18. The molecule has 0 bridgehead atoms. The van der Waals surface area contributed by atoms with E-state index in [1.807, 2.05) is 0 Å². The minimum atomic E-state index is -0.728. The number of hydrogen-bond acceptors (Lipinski definition) is 2. The number of carboxylic acids is 1. The van der Waals surface area contributed by atoms with Crippen LogP contribution in [0.5, 0.6) is 0 Å². The van der Waals surface area contributed by atoms with E-state index in [1.54, 1.807) is 18.7 Å². The van der Waals surface area contributed by atoms with Crippen LogP contribution in [0.2, 0.25) is 0 Å². The third-order valence-corrected chi connectivity index (χ3v) is 4.34. The van der Waals surface area contributed by atoms with Crippen LogP contribution in [-0.4, -0.2) is 16.8 Å². The van der Waals surface area contributed by atoms with Crippen LogP contribution in [-0.2, 0) is 4.79 Å². The molecule has 0 aliphatic carbocycles. The van der Waals surface area contributed by atoms with Gasteiger partial charge in [-0.1, -0.05) is 13.0 Å². The van der Waals surface area contributed by atoms with E-state index in [2.05, 4.69) is 32.9 Å². The minimum absolute atomic E-state index is 0.300. The van der Waals surface area contributed by atoms with Crippen LogP contribution >= 0.6 is 11.8 Å². The van der Waals surface area contributed by atoms with E-state index in [0.717, 1.165) is 0 Å². The lowest BCUT2D eigenvalue weighted by atomic mass is 10.1. The molecule has 88 valence electrons. The molecule has 1 rings (SSSR count). The molecule has 1 unspecified atom stereocenters. The Morgan fingerprint density at radius 1 is 1.31 bits per heavy atom. The lowest BCUT2D eigenvalue weighted by Crippen LogP contribution is -2.11. The van der Waals surface area contributed by atoms with E-state index in [-0.39, 0.29) is 5.92 Å². The van der Waals surface area contributed by atoms with Crippen LogP contribution in [0, 0.1) is 26.7 Å². The highest BCUT2D eigenvalue weighted by molar-refractivity contribution is 7.99. The van der Waals surface area contributed by atoms with Crippen LogP contribution in [0.1, 0.15) is 23.6 Å². The van der Waals surface area contributed by atoms with Gasteiger partial charge in [0.15, 0.2) is 0 Å². The molecule has 0 saturated heterocycles. The fourth-order valence-corrected chi connectivity index (χ4v) is 2.48. The molecule has 1 aromatic carbocycles. The molecule has 0 radical (unpaired) electrons. The molecule has 0 aromatic heterocycles. The Labute approximate surface area is 101 Å². The predicted octanol–water partition coefficient (Wildman–Crippen LogP) is 3.42. The Hall–Kier alpha value is -0.960. The fraction of sp³-hybridized carbons (Fsp3) is 0.462. The Balaban J connectivity index is 2.75. The highest BCUT2D eigenvalue weighted by Gasteiger charge is 2.12. The molecule has 0 amide bonds. The van der Waals surface area contributed by atoms with Gasteiger partial charge in [-0.3, -0.25) is 4.79 Å². The van der Waals surface area contributed by atoms with Crippen molar-refractivity contribution in [1.82, 2.24) is 0 Å². The van der Waals surface area contributed by atoms with Crippen molar-refractivity contribution in [2.45, 2.75) is 32.6 Å². The quantitative estimate of drug-likeness (QED) is 0.817. The zero-order chi connectivity index (χ0) is 12.3. The summed E-state index contributed by atoms with van der Waals surface area (Å²) in [6, 6.07) is 4.17. The van der Waals surface area contributed by atoms with Crippen molar-refractivity contribution in [2.75, 3.05) is 5.75 Å². The van der Waals surface area contributed by atoms with Crippen molar-refractivity contribution in [1.29, 1.82) is 0 Å². The van der Waals surface area contributed by atoms with Crippen LogP contribution in [0.15, 0.2) is 17.0 Å². The molecule has 0 aliphatic rings. The molecule has 1 N–H and O–H groups in total. The Morgan fingerprint density at radius 2 is 1.94 bits per heavy atom. The Bertz CT molecular complexity index is 399. The van der Waals surface area contributed by atoms with Crippen molar-refractivity contribution in [3.63, 3.8) is 0 Å². The smallest absolute Gasteiger partial charge is 0.307 e. The van der Waals surface area contributed by atoms with Gasteiger partial charge in [0.05, 0.1) is 5.92 Å². The van der Waals surface area contributed by atoms with E-state index >= 15 is 0 Å². The Morgan fingerprint density at radius 3 is 2.50 bits per heavy atom. The first-order chi connectivity index (χ1) is 7.43. The van der Waals surface area contributed by atoms with Gasteiger partial charge >= 0.3 is 5.97 Å². The van der Waals surface area contributed by atoms with E-state index in [4.69, 9.17) is 5.11 Å². The van der Waals surface area contributed by atoms with E-state index in [0.29, 0.717) is 5.75 Å². The normalized spacial score (nSPS) is 12.5. The number of thioether (sulfide) groups is 1. The van der Waals surface area contributed by atoms with Crippen LogP contribution in [0.25, 0.3) is 0 Å². The topological polar surface area (TPSA) is 37.3 Å². The summed E-state index contributed by atoms with van der Waals surface area (Å²) >= 11 is 1.63. The molecule has 1 atom stereocenters. The third-order valence-electron chi connectivity index (χ3n) is 2.92. The summed E-state index contributed by atoms with van der Waals surface area (Å²) in [5, 5.41) is 8.81. The molecule has 0 saturated carbocycles. The predicted molar refractivity (Wildman–Crippen MR) is 68.2 cm³/mol. The van der Waals surface area contributed by atoms with E-state index in [1.165, 1.54) is 21.6 Å². The average Bonchev–Trinajstić information content (AvgIpc) is 2.24. The van der Waals surface area contributed by atoms with Crippen LogP contribution < -0.4 is 0 Å². The van der Waals surface area contributed by atoms with Crippen LogP contribution in [0.4, 0.5) is 0 Å². The molecule has 0 heterocycles. The summed E-state index contributed by atoms with van der Waals surface area (Å²) in [5.74, 6) is -0.404. The highest BCUT2D eigenvalue weighted by atomic mass is 32.2.